The lowest BCUT2D eigenvalue weighted by Gasteiger charge is -2.00. The Bertz CT molecular complexity index is 255. The first-order valence-corrected chi connectivity index (χ1v) is 3.63. The number of hydrogen-bond donors (Lipinski definition) is 1. The molecule has 11 heavy (non-hydrogen) atoms. The van der Waals surface area contributed by atoms with E-state index in [9.17, 15) is 0 Å². The average Bonchev–Trinajstić information content (AvgIpc) is 2.05. The smallest absolute Gasteiger partial charge is 0.0926 e. The summed E-state index contributed by atoms with van der Waals surface area (Å²) in [5, 5.41) is 9.15. The molecule has 0 radical (unpaired) electrons. The maximum Gasteiger partial charge on any atom is 0.0926 e. The van der Waals surface area contributed by atoms with Crippen LogP contribution in [0.15, 0.2) is 36.1 Å². The van der Waals surface area contributed by atoms with Gasteiger partial charge < -0.3 is 5.11 Å². The Hall–Kier alpha value is -1.24. The summed E-state index contributed by atoms with van der Waals surface area (Å²) < 4.78 is 0. The molecule has 0 aliphatic carbocycles. The quantitative estimate of drug-likeness (QED) is 0.607. The molecular weight excluding hydrogens is 136 g/mol. The van der Waals surface area contributed by atoms with Crippen molar-refractivity contribution in [2.45, 2.75) is 13.8 Å². The van der Waals surface area contributed by atoms with Crippen LogP contribution in [0.4, 0.5) is 0 Å². The zero-order valence-electron chi connectivity index (χ0n) is 6.83. The number of aliphatic hydroxyl groups is 1. The molecule has 1 nitrogen and oxygen atoms in total. The lowest BCUT2D eigenvalue weighted by molar-refractivity contribution is 0.416. The Morgan fingerprint density at radius 3 is 2.09 bits per heavy atom. The normalized spacial score (nSPS) is 12.5. The van der Waals surface area contributed by atoms with E-state index in [1.54, 1.807) is 6.92 Å². The number of allylic oxidation sites excluding steroid dienone is 2. The molecule has 0 aromatic heterocycles. The predicted molar refractivity (Wildman–Crippen MR) is 47.3 cm³/mol. The van der Waals surface area contributed by atoms with Crippen LogP contribution in [0.25, 0.3) is 5.57 Å². The molecule has 0 aliphatic heterocycles. The van der Waals surface area contributed by atoms with Crippen LogP contribution in [0.1, 0.15) is 19.4 Å². The Labute approximate surface area is 67.0 Å². The van der Waals surface area contributed by atoms with Gasteiger partial charge >= 0.3 is 0 Å². The van der Waals surface area contributed by atoms with Crippen LogP contribution >= 0.6 is 0 Å². The van der Waals surface area contributed by atoms with Crippen LogP contribution in [0.2, 0.25) is 0 Å². The summed E-state index contributed by atoms with van der Waals surface area (Å²) in [5.74, 6) is 0.385. The van der Waals surface area contributed by atoms with E-state index in [0.29, 0.717) is 5.76 Å². The number of hydrogen-bond acceptors (Lipinski definition) is 1. The highest BCUT2D eigenvalue weighted by molar-refractivity contribution is 5.64. The van der Waals surface area contributed by atoms with E-state index in [1.807, 2.05) is 37.3 Å². The molecule has 1 heteroatoms. The van der Waals surface area contributed by atoms with Crippen LogP contribution in [0.5, 0.6) is 0 Å². The van der Waals surface area contributed by atoms with E-state index in [1.165, 1.54) is 0 Å². The van der Waals surface area contributed by atoms with Crippen molar-refractivity contribution in [3.63, 3.8) is 0 Å². The van der Waals surface area contributed by atoms with Gasteiger partial charge in [-0.25, -0.2) is 0 Å². The van der Waals surface area contributed by atoms with E-state index in [0.717, 1.165) is 11.1 Å². The fraction of sp³-hybridized carbons (Fsp3) is 0.200. The minimum Gasteiger partial charge on any atom is -0.512 e. The fourth-order valence-electron chi connectivity index (χ4n) is 0.897. The van der Waals surface area contributed by atoms with Gasteiger partial charge in [-0.05, 0) is 25.0 Å². The fourth-order valence-corrected chi connectivity index (χ4v) is 0.897. The standard InChI is InChI=1S/C10H12O/c1-8(9(2)11)10-6-4-3-5-7-10/h3-7,11H,1-2H3/b9-8-. The number of rotatable bonds is 1. The van der Waals surface area contributed by atoms with Crippen molar-refractivity contribution >= 4 is 5.57 Å². The van der Waals surface area contributed by atoms with Crippen LogP contribution < -0.4 is 0 Å². The first kappa shape index (κ1) is 7.86. The topological polar surface area (TPSA) is 20.2 Å². The first-order valence-electron chi connectivity index (χ1n) is 3.63. The maximum atomic E-state index is 9.15. The SMILES string of the molecule is C/C(O)=C(\C)c1ccccc1. The Balaban J connectivity index is 3.04. The highest BCUT2D eigenvalue weighted by atomic mass is 16.3. The summed E-state index contributed by atoms with van der Waals surface area (Å²) in [4.78, 5) is 0. The third kappa shape index (κ3) is 1.84. The summed E-state index contributed by atoms with van der Waals surface area (Å²) in [6.45, 7) is 3.60. The third-order valence-corrected chi connectivity index (χ3v) is 1.75. The van der Waals surface area contributed by atoms with Crippen molar-refractivity contribution in [2.75, 3.05) is 0 Å². The van der Waals surface area contributed by atoms with E-state index in [4.69, 9.17) is 5.11 Å². The Morgan fingerprint density at radius 2 is 1.64 bits per heavy atom. The summed E-state index contributed by atoms with van der Waals surface area (Å²) in [5.41, 5.74) is 2.01. The van der Waals surface area contributed by atoms with Crippen molar-refractivity contribution < 1.29 is 5.11 Å². The van der Waals surface area contributed by atoms with E-state index in [-0.39, 0.29) is 0 Å². The lowest BCUT2D eigenvalue weighted by Crippen LogP contribution is -1.82. The molecule has 0 amide bonds. The van der Waals surface area contributed by atoms with Gasteiger partial charge in [0.25, 0.3) is 0 Å². The summed E-state index contributed by atoms with van der Waals surface area (Å²) in [7, 11) is 0. The third-order valence-electron chi connectivity index (χ3n) is 1.75. The van der Waals surface area contributed by atoms with Gasteiger partial charge in [-0.3, -0.25) is 0 Å². The molecule has 58 valence electrons. The van der Waals surface area contributed by atoms with Gasteiger partial charge in [-0.2, -0.15) is 0 Å². The van der Waals surface area contributed by atoms with Gasteiger partial charge in [0, 0.05) is 0 Å². The summed E-state index contributed by atoms with van der Waals surface area (Å²) in [6, 6.07) is 9.84. The van der Waals surface area contributed by atoms with E-state index >= 15 is 0 Å². The highest BCUT2D eigenvalue weighted by Crippen LogP contribution is 2.15. The second-order valence-corrected chi connectivity index (χ2v) is 2.58. The largest absolute Gasteiger partial charge is 0.512 e. The van der Waals surface area contributed by atoms with Gasteiger partial charge in [-0.1, -0.05) is 30.3 Å². The van der Waals surface area contributed by atoms with E-state index < -0.39 is 0 Å². The molecule has 0 saturated heterocycles. The monoisotopic (exact) mass is 148 g/mol. The molecule has 0 aliphatic rings. The van der Waals surface area contributed by atoms with Crippen molar-refractivity contribution in [2.24, 2.45) is 0 Å². The Morgan fingerprint density at radius 1 is 1.09 bits per heavy atom. The minimum atomic E-state index is 0.385. The second-order valence-electron chi connectivity index (χ2n) is 2.58. The van der Waals surface area contributed by atoms with Gasteiger partial charge in [0.15, 0.2) is 0 Å². The molecular formula is C10H12O. The van der Waals surface area contributed by atoms with Gasteiger partial charge in [0.2, 0.25) is 0 Å². The number of aliphatic hydroxyl groups excluding tert-OH is 1. The predicted octanol–water partition coefficient (Wildman–Crippen LogP) is 3.00. The minimum absolute atomic E-state index is 0.385. The molecule has 0 saturated carbocycles. The number of benzene rings is 1. The summed E-state index contributed by atoms with van der Waals surface area (Å²) in [6.07, 6.45) is 0. The second kappa shape index (κ2) is 3.24. The molecule has 1 aromatic carbocycles. The van der Waals surface area contributed by atoms with Crippen molar-refractivity contribution in [1.29, 1.82) is 0 Å². The van der Waals surface area contributed by atoms with Gasteiger partial charge in [0.05, 0.1) is 5.76 Å². The molecule has 0 fully saturated rings. The van der Waals surface area contributed by atoms with Crippen LogP contribution in [0.3, 0.4) is 0 Å². The Kier molecular flexibility index (Phi) is 2.32. The maximum absolute atomic E-state index is 9.15. The first-order chi connectivity index (χ1) is 5.22. The van der Waals surface area contributed by atoms with Crippen LogP contribution in [-0.4, -0.2) is 5.11 Å². The molecule has 0 spiro atoms. The molecule has 1 aromatic rings. The zero-order valence-corrected chi connectivity index (χ0v) is 6.83. The van der Waals surface area contributed by atoms with Gasteiger partial charge in [0.1, 0.15) is 0 Å². The van der Waals surface area contributed by atoms with Crippen molar-refractivity contribution in [3.05, 3.63) is 41.7 Å². The molecule has 0 bridgehead atoms. The molecule has 1 rings (SSSR count). The van der Waals surface area contributed by atoms with Crippen LogP contribution in [0, 0.1) is 0 Å². The highest BCUT2D eigenvalue weighted by Gasteiger charge is 1.96. The summed E-state index contributed by atoms with van der Waals surface area (Å²) >= 11 is 0. The average molecular weight is 148 g/mol. The molecule has 0 unspecified atom stereocenters. The van der Waals surface area contributed by atoms with Crippen molar-refractivity contribution in [1.82, 2.24) is 0 Å². The van der Waals surface area contributed by atoms with E-state index in [2.05, 4.69) is 0 Å². The lowest BCUT2D eigenvalue weighted by atomic mass is 10.1. The molecule has 0 atom stereocenters. The molecule has 0 heterocycles. The van der Waals surface area contributed by atoms with Crippen molar-refractivity contribution in [3.8, 4) is 0 Å². The zero-order chi connectivity index (χ0) is 8.27. The molecule has 1 N–H and O–H groups in total. The van der Waals surface area contributed by atoms with Gasteiger partial charge in [-0.15, -0.1) is 0 Å². The van der Waals surface area contributed by atoms with Crippen LogP contribution in [-0.2, 0) is 0 Å².